The summed E-state index contributed by atoms with van der Waals surface area (Å²) in [7, 11) is 1.42. The van der Waals surface area contributed by atoms with E-state index in [0.717, 1.165) is 11.1 Å². The van der Waals surface area contributed by atoms with Gasteiger partial charge in [0.25, 0.3) is 16.8 Å². The van der Waals surface area contributed by atoms with Gasteiger partial charge in [0.05, 0.1) is 16.9 Å². The number of rotatable bonds is 8. The zero-order valence-electron chi connectivity index (χ0n) is 20.8. The Balaban J connectivity index is 1.25. The highest BCUT2D eigenvalue weighted by molar-refractivity contribution is 8.18. The molecule has 2 aliphatic heterocycles. The van der Waals surface area contributed by atoms with Crippen LogP contribution in [0.3, 0.4) is 0 Å². The number of carbonyl (C=O) groups excluding carboxylic acids is 3. The molecule has 1 N–H and O–H groups in total. The van der Waals surface area contributed by atoms with Crippen molar-refractivity contribution < 1.29 is 38.3 Å². The molecule has 0 radical (unpaired) electrons. The summed E-state index contributed by atoms with van der Waals surface area (Å²) in [6.45, 7) is 0.372. The molecule has 3 amide bonds. The number of anilines is 1. The molecule has 13 nitrogen and oxygen atoms in total. The third kappa shape index (κ3) is 5.81. The van der Waals surface area contributed by atoms with Crippen molar-refractivity contribution in [3.63, 3.8) is 0 Å². The zero-order valence-corrected chi connectivity index (χ0v) is 21.6. The predicted octanol–water partition coefficient (Wildman–Crippen LogP) is 4.24. The molecule has 0 bridgehead atoms. The topological polar surface area (TPSA) is 159 Å². The van der Waals surface area contributed by atoms with Gasteiger partial charge in [0.2, 0.25) is 11.8 Å². The lowest BCUT2D eigenvalue weighted by Crippen LogP contribution is -2.36. The van der Waals surface area contributed by atoms with Crippen molar-refractivity contribution in [1.82, 2.24) is 9.88 Å². The van der Waals surface area contributed by atoms with Gasteiger partial charge in [-0.25, -0.2) is 4.98 Å². The number of aromatic nitrogens is 1. The Kier molecular flexibility index (Phi) is 7.50. The first-order chi connectivity index (χ1) is 19.3. The average molecular weight is 565 g/mol. The van der Waals surface area contributed by atoms with Crippen LogP contribution in [-0.2, 0) is 9.59 Å². The number of imide groups is 1. The van der Waals surface area contributed by atoms with Crippen LogP contribution in [0, 0.1) is 10.1 Å². The lowest BCUT2D eigenvalue weighted by molar-refractivity contribution is -0.385. The molecule has 5 rings (SSSR count). The van der Waals surface area contributed by atoms with Gasteiger partial charge in [-0.1, -0.05) is 6.07 Å². The number of methoxy groups -OCH3 is 1. The highest BCUT2D eigenvalue weighted by Gasteiger charge is 2.36. The minimum Gasteiger partial charge on any atom is -0.493 e. The number of hydrogen-bond acceptors (Lipinski definition) is 11. The molecule has 3 aromatic rings. The number of nitrogens with one attached hydrogen (secondary N) is 1. The second-order valence-electron chi connectivity index (χ2n) is 8.30. The molecule has 0 aliphatic carbocycles. The van der Waals surface area contributed by atoms with E-state index in [1.54, 1.807) is 36.4 Å². The smallest absolute Gasteiger partial charge is 0.294 e. The molecule has 2 aliphatic rings. The standard InChI is InChI=1S/C26H20N4O9S/c1-36-20-10-15(2-5-19(20)39-24-7-4-17(13-27-24)30(34)35)11-22-25(32)29(26(33)40-22)14-23(31)28-16-3-6-18-21(12-16)38-9-8-37-18/h2-7,10-13H,8-9,14H2,1H3,(H,28,31)/b22-11+. The Morgan fingerprint density at radius 3 is 2.65 bits per heavy atom. The van der Waals surface area contributed by atoms with E-state index >= 15 is 0 Å². The van der Waals surface area contributed by atoms with Crippen molar-refractivity contribution in [3.8, 4) is 28.9 Å². The number of fused-ring (bicyclic) bond motifs is 1. The molecule has 40 heavy (non-hydrogen) atoms. The Labute approximate surface area is 230 Å². The van der Waals surface area contributed by atoms with Crippen LogP contribution < -0.4 is 24.3 Å². The number of nitrogens with zero attached hydrogens (tertiary/aromatic N) is 3. The van der Waals surface area contributed by atoms with Crippen molar-refractivity contribution in [2.45, 2.75) is 0 Å². The quantitative estimate of drug-likeness (QED) is 0.237. The highest BCUT2D eigenvalue weighted by Crippen LogP contribution is 2.36. The summed E-state index contributed by atoms with van der Waals surface area (Å²) < 4.78 is 22.0. The number of ether oxygens (including phenoxy) is 4. The monoisotopic (exact) mass is 564 g/mol. The van der Waals surface area contributed by atoms with Crippen molar-refractivity contribution >= 4 is 46.3 Å². The maximum atomic E-state index is 12.9. The van der Waals surface area contributed by atoms with Crippen molar-refractivity contribution in [2.75, 3.05) is 32.2 Å². The third-order valence-electron chi connectivity index (χ3n) is 5.63. The molecule has 204 valence electrons. The Morgan fingerprint density at radius 2 is 1.93 bits per heavy atom. The number of nitro groups is 1. The van der Waals surface area contributed by atoms with Crippen molar-refractivity contribution in [2.24, 2.45) is 0 Å². The summed E-state index contributed by atoms with van der Waals surface area (Å²) in [5.41, 5.74) is 0.798. The first-order valence-electron chi connectivity index (χ1n) is 11.7. The molecule has 0 spiro atoms. The summed E-state index contributed by atoms with van der Waals surface area (Å²) in [5.74, 6) is 0.600. The fourth-order valence-corrected chi connectivity index (χ4v) is 4.60. The second-order valence-corrected chi connectivity index (χ2v) is 9.29. The van der Waals surface area contributed by atoms with Crippen LogP contribution in [-0.4, -0.2) is 58.7 Å². The van der Waals surface area contributed by atoms with Gasteiger partial charge in [-0.05, 0) is 47.7 Å². The molecular formula is C26H20N4O9S. The van der Waals surface area contributed by atoms with Gasteiger partial charge >= 0.3 is 0 Å². The minimum absolute atomic E-state index is 0.118. The van der Waals surface area contributed by atoms with Crippen LogP contribution in [0.5, 0.6) is 28.9 Å². The molecule has 0 unspecified atom stereocenters. The van der Waals surface area contributed by atoms with E-state index in [0.29, 0.717) is 53.5 Å². The number of hydrogen-bond donors (Lipinski definition) is 1. The summed E-state index contributed by atoms with van der Waals surface area (Å²) in [6, 6.07) is 12.3. The van der Waals surface area contributed by atoms with Gasteiger partial charge in [-0.2, -0.15) is 0 Å². The fourth-order valence-electron chi connectivity index (χ4n) is 3.76. The summed E-state index contributed by atoms with van der Waals surface area (Å²) >= 11 is 0.712. The van der Waals surface area contributed by atoms with Crippen LogP contribution in [0.4, 0.5) is 16.2 Å². The number of thioether (sulfide) groups is 1. The lowest BCUT2D eigenvalue weighted by atomic mass is 10.2. The molecule has 1 saturated heterocycles. The fraction of sp³-hybridized carbons (Fsp3) is 0.154. The van der Waals surface area contributed by atoms with E-state index in [4.69, 9.17) is 18.9 Å². The minimum atomic E-state index is -0.610. The average Bonchev–Trinajstić information content (AvgIpc) is 3.21. The van der Waals surface area contributed by atoms with Crippen LogP contribution in [0.1, 0.15) is 5.56 Å². The van der Waals surface area contributed by atoms with Gasteiger partial charge in [0, 0.05) is 23.9 Å². The molecular weight excluding hydrogens is 544 g/mol. The van der Waals surface area contributed by atoms with Gasteiger partial charge in [0.1, 0.15) is 26.0 Å². The Hall–Kier alpha value is -5.11. The van der Waals surface area contributed by atoms with Crippen LogP contribution in [0.15, 0.2) is 59.6 Å². The first-order valence-corrected chi connectivity index (χ1v) is 12.5. The van der Waals surface area contributed by atoms with E-state index < -0.39 is 28.5 Å². The first kappa shape index (κ1) is 26.5. The zero-order chi connectivity index (χ0) is 28.2. The summed E-state index contributed by atoms with van der Waals surface area (Å²) in [4.78, 5) is 53.2. The van der Waals surface area contributed by atoms with Gasteiger partial charge < -0.3 is 24.3 Å². The lowest BCUT2D eigenvalue weighted by Gasteiger charge is -2.19. The normalized spacial score (nSPS) is 15.2. The molecule has 14 heteroatoms. The largest absolute Gasteiger partial charge is 0.493 e. The second kappa shape index (κ2) is 11.3. The maximum Gasteiger partial charge on any atom is 0.294 e. The summed E-state index contributed by atoms with van der Waals surface area (Å²) in [5, 5.41) is 12.9. The van der Waals surface area contributed by atoms with Crippen LogP contribution in [0.2, 0.25) is 0 Å². The van der Waals surface area contributed by atoms with Crippen LogP contribution >= 0.6 is 11.8 Å². The van der Waals surface area contributed by atoms with E-state index in [2.05, 4.69) is 10.3 Å². The van der Waals surface area contributed by atoms with E-state index in [-0.39, 0.29) is 22.2 Å². The molecule has 2 aromatic carbocycles. The Morgan fingerprint density at radius 1 is 1.12 bits per heavy atom. The van der Waals surface area contributed by atoms with E-state index in [1.165, 1.54) is 25.3 Å². The number of carbonyl (C=O) groups is 3. The van der Waals surface area contributed by atoms with E-state index in [1.807, 2.05) is 0 Å². The molecule has 1 aromatic heterocycles. The van der Waals surface area contributed by atoms with Gasteiger partial charge in [-0.15, -0.1) is 0 Å². The van der Waals surface area contributed by atoms with Crippen molar-refractivity contribution in [3.05, 3.63) is 75.3 Å². The molecule has 3 heterocycles. The van der Waals surface area contributed by atoms with Crippen molar-refractivity contribution in [1.29, 1.82) is 0 Å². The number of benzene rings is 2. The third-order valence-corrected chi connectivity index (χ3v) is 6.54. The van der Waals surface area contributed by atoms with Gasteiger partial charge in [0.15, 0.2) is 23.0 Å². The number of amides is 3. The molecule has 0 saturated carbocycles. The van der Waals surface area contributed by atoms with E-state index in [9.17, 15) is 24.5 Å². The highest BCUT2D eigenvalue weighted by atomic mass is 32.2. The Bertz CT molecular complexity index is 1540. The molecule has 0 atom stereocenters. The van der Waals surface area contributed by atoms with Crippen LogP contribution in [0.25, 0.3) is 6.08 Å². The maximum absolute atomic E-state index is 12.9. The predicted molar refractivity (Wildman–Crippen MR) is 143 cm³/mol. The SMILES string of the molecule is COc1cc(/C=C2/SC(=O)N(CC(=O)Nc3ccc4c(c3)OCCO4)C2=O)ccc1Oc1ccc([N+](=O)[O-])cn1. The number of pyridine rings is 1. The summed E-state index contributed by atoms with van der Waals surface area (Å²) in [6.07, 6.45) is 2.57. The molecule has 1 fully saturated rings. The van der Waals surface area contributed by atoms with Gasteiger partial charge in [-0.3, -0.25) is 29.4 Å².